The molecule has 1 unspecified atom stereocenters. The van der Waals surface area contributed by atoms with Crippen LogP contribution in [0.5, 0.6) is 0 Å². The van der Waals surface area contributed by atoms with E-state index in [1.54, 1.807) is 0 Å². The van der Waals surface area contributed by atoms with E-state index in [4.69, 9.17) is 5.73 Å². The van der Waals surface area contributed by atoms with Crippen LogP contribution in [0.15, 0.2) is 30.3 Å². The Balaban J connectivity index is 2.31. The second-order valence-corrected chi connectivity index (χ2v) is 5.43. The standard InChI is InChI=1S/C17H30N2/c1-4-17(5-2,6-3)19-14-10-13-16(18)15-11-8-7-9-12-15/h7-9,11-12,16,19H,4-6,10,13-14,18H2,1-3H3. The third-order valence-electron chi connectivity index (χ3n) is 4.45. The van der Waals surface area contributed by atoms with E-state index < -0.39 is 0 Å². The van der Waals surface area contributed by atoms with Gasteiger partial charge in [0.15, 0.2) is 0 Å². The lowest BCUT2D eigenvalue weighted by atomic mass is 9.89. The van der Waals surface area contributed by atoms with Gasteiger partial charge in [-0.2, -0.15) is 0 Å². The van der Waals surface area contributed by atoms with E-state index in [2.05, 4.69) is 50.4 Å². The zero-order chi connectivity index (χ0) is 14.1. The molecule has 1 aromatic rings. The molecule has 0 bridgehead atoms. The van der Waals surface area contributed by atoms with Crippen LogP contribution < -0.4 is 11.1 Å². The molecule has 0 spiro atoms. The lowest BCUT2D eigenvalue weighted by molar-refractivity contribution is 0.287. The molecule has 3 N–H and O–H groups in total. The van der Waals surface area contributed by atoms with Crippen molar-refractivity contribution < 1.29 is 0 Å². The zero-order valence-corrected chi connectivity index (χ0v) is 12.8. The summed E-state index contributed by atoms with van der Waals surface area (Å²) in [5, 5.41) is 3.73. The maximum atomic E-state index is 6.21. The second-order valence-electron chi connectivity index (χ2n) is 5.43. The zero-order valence-electron chi connectivity index (χ0n) is 12.8. The molecular formula is C17H30N2. The predicted octanol–water partition coefficient (Wildman–Crippen LogP) is 4.03. The Bertz CT molecular complexity index is 322. The van der Waals surface area contributed by atoms with Gasteiger partial charge in [0, 0.05) is 11.6 Å². The summed E-state index contributed by atoms with van der Waals surface area (Å²) in [6, 6.07) is 10.6. The third kappa shape index (κ3) is 4.96. The van der Waals surface area contributed by atoms with Gasteiger partial charge in [-0.05, 0) is 44.2 Å². The largest absolute Gasteiger partial charge is 0.324 e. The first kappa shape index (κ1) is 16.2. The van der Waals surface area contributed by atoms with Gasteiger partial charge in [-0.15, -0.1) is 0 Å². The van der Waals surface area contributed by atoms with Gasteiger partial charge in [0.05, 0.1) is 0 Å². The van der Waals surface area contributed by atoms with Crippen LogP contribution in [0.3, 0.4) is 0 Å². The van der Waals surface area contributed by atoms with Gasteiger partial charge in [-0.1, -0.05) is 51.1 Å². The third-order valence-corrected chi connectivity index (χ3v) is 4.45. The van der Waals surface area contributed by atoms with Gasteiger partial charge in [-0.3, -0.25) is 0 Å². The minimum atomic E-state index is 0.169. The normalized spacial score (nSPS) is 13.5. The quantitative estimate of drug-likeness (QED) is 0.660. The molecular weight excluding hydrogens is 232 g/mol. The first-order chi connectivity index (χ1) is 9.17. The summed E-state index contributed by atoms with van der Waals surface area (Å²) in [4.78, 5) is 0. The Hall–Kier alpha value is -0.860. The Morgan fingerprint density at radius 3 is 2.16 bits per heavy atom. The summed E-state index contributed by atoms with van der Waals surface area (Å²) in [7, 11) is 0. The maximum Gasteiger partial charge on any atom is 0.0295 e. The van der Waals surface area contributed by atoms with E-state index in [-0.39, 0.29) is 6.04 Å². The highest BCUT2D eigenvalue weighted by Crippen LogP contribution is 2.20. The molecule has 1 rings (SSSR count). The Labute approximate surface area is 118 Å². The Morgan fingerprint density at radius 1 is 1.05 bits per heavy atom. The average molecular weight is 262 g/mol. The molecule has 2 heteroatoms. The fraction of sp³-hybridized carbons (Fsp3) is 0.647. The SMILES string of the molecule is CCC(CC)(CC)NCCCC(N)c1ccccc1. The van der Waals surface area contributed by atoms with Crippen molar-refractivity contribution >= 4 is 0 Å². The molecule has 0 saturated carbocycles. The molecule has 0 aliphatic rings. The molecule has 0 aromatic heterocycles. The summed E-state index contributed by atoms with van der Waals surface area (Å²) in [5.74, 6) is 0. The van der Waals surface area contributed by atoms with Crippen LogP contribution in [-0.2, 0) is 0 Å². The smallest absolute Gasteiger partial charge is 0.0295 e. The molecule has 0 heterocycles. The van der Waals surface area contributed by atoms with Crippen LogP contribution in [-0.4, -0.2) is 12.1 Å². The maximum absolute atomic E-state index is 6.21. The minimum Gasteiger partial charge on any atom is -0.324 e. The van der Waals surface area contributed by atoms with Crippen LogP contribution in [0.25, 0.3) is 0 Å². The fourth-order valence-electron chi connectivity index (χ4n) is 2.67. The molecule has 0 aliphatic carbocycles. The van der Waals surface area contributed by atoms with Crippen LogP contribution in [0.4, 0.5) is 0 Å². The van der Waals surface area contributed by atoms with Gasteiger partial charge in [-0.25, -0.2) is 0 Å². The van der Waals surface area contributed by atoms with E-state index in [1.807, 2.05) is 6.07 Å². The molecule has 0 aliphatic heterocycles. The molecule has 0 amide bonds. The highest BCUT2D eigenvalue weighted by molar-refractivity contribution is 5.18. The highest BCUT2D eigenvalue weighted by Gasteiger charge is 2.22. The number of benzene rings is 1. The summed E-state index contributed by atoms with van der Waals surface area (Å²) < 4.78 is 0. The topological polar surface area (TPSA) is 38.0 Å². The second kappa shape index (κ2) is 8.34. The monoisotopic (exact) mass is 262 g/mol. The van der Waals surface area contributed by atoms with Crippen molar-refractivity contribution in [1.82, 2.24) is 5.32 Å². The lowest BCUT2D eigenvalue weighted by Gasteiger charge is -2.32. The minimum absolute atomic E-state index is 0.169. The van der Waals surface area contributed by atoms with E-state index in [0.717, 1.165) is 19.4 Å². The van der Waals surface area contributed by atoms with Crippen LogP contribution in [0, 0.1) is 0 Å². The van der Waals surface area contributed by atoms with E-state index >= 15 is 0 Å². The van der Waals surface area contributed by atoms with Crippen LogP contribution >= 0.6 is 0 Å². The first-order valence-corrected chi connectivity index (χ1v) is 7.73. The van der Waals surface area contributed by atoms with Crippen LogP contribution in [0.2, 0.25) is 0 Å². The average Bonchev–Trinajstić information content (AvgIpc) is 2.49. The fourth-order valence-corrected chi connectivity index (χ4v) is 2.67. The number of nitrogens with one attached hydrogen (secondary N) is 1. The summed E-state index contributed by atoms with van der Waals surface area (Å²) in [6.07, 6.45) is 5.78. The van der Waals surface area contributed by atoms with Crippen molar-refractivity contribution in [3.05, 3.63) is 35.9 Å². The summed E-state index contributed by atoms with van der Waals surface area (Å²) in [6.45, 7) is 7.89. The lowest BCUT2D eigenvalue weighted by Crippen LogP contribution is -2.44. The van der Waals surface area contributed by atoms with Crippen molar-refractivity contribution in [2.75, 3.05) is 6.54 Å². The Kier molecular flexibility index (Phi) is 7.11. The molecule has 1 atom stereocenters. The molecule has 0 fully saturated rings. The summed E-state index contributed by atoms with van der Waals surface area (Å²) in [5.41, 5.74) is 7.79. The van der Waals surface area contributed by atoms with E-state index in [1.165, 1.54) is 24.8 Å². The Morgan fingerprint density at radius 2 is 1.63 bits per heavy atom. The molecule has 108 valence electrons. The molecule has 0 radical (unpaired) electrons. The van der Waals surface area contributed by atoms with Gasteiger partial charge in [0.1, 0.15) is 0 Å². The van der Waals surface area contributed by atoms with Crippen LogP contribution in [0.1, 0.15) is 64.5 Å². The van der Waals surface area contributed by atoms with Crippen molar-refractivity contribution in [3.63, 3.8) is 0 Å². The molecule has 1 aromatic carbocycles. The van der Waals surface area contributed by atoms with Crippen molar-refractivity contribution in [2.24, 2.45) is 5.73 Å². The van der Waals surface area contributed by atoms with Gasteiger partial charge >= 0.3 is 0 Å². The predicted molar refractivity (Wildman–Crippen MR) is 84.2 cm³/mol. The number of hydrogen-bond acceptors (Lipinski definition) is 2. The van der Waals surface area contributed by atoms with Gasteiger partial charge in [0.2, 0.25) is 0 Å². The molecule has 0 saturated heterocycles. The van der Waals surface area contributed by atoms with Crippen molar-refractivity contribution in [3.8, 4) is 0 Å². The van der Waals surface area contributed by atoms with Gasteiger partial charge < -0.3 is 11.1 Å². The first-order valence-electron chi connectivity index (χ1n) is 7.73. The van der Waals surface area contributed by atoms with Gasteiger partial charge in [0.25, 0.3) is 0 Å². The summed E-state index contributed by atoms with van der Waals surface area (Å²) >= 11 is 0. The number of nitrogens with two attached hydrogens (primary N) is 1. The highest BCUT2D eigenvalue weighted by atomic mass is 15.0. The number of rotatable bonds is 9. The molecule has 19 heavy (non-hydrogen) atoms. The van der Waals surface area contributed by atoms with Crippen molar-refractivity contribution in [2.45, 2.75) is 64.5 Å². The van der Waals surface area contributed by atoms with E-state index in [0.29, 0.717) is 5.54 Å². The van der Waals surface area contributed by atoms with E-state index in [9.17, 15) is 0 Å². The molecule has 2 nitrogen and oxygen atoms in total. The van der Waals surface area contributed by atoms with Crippen molar-refractivity contribution in [1.29, 1.82) is 0 Å². The number of hydrogen-bond donors (Lipinski definition) is 2.